The molecule has 5 rings (SSSR count). The fourth-order valence-electron chi connectivity index (χ4n) is 4.61. The van der Waals surface area contributed by atoms with Crippen LogP contribution in [0.15, 0.2) is 79.0 Å². The van der Waals surface area contributed by atoms with Crippen molar-refractivity contribution in [2.24, 2.45) is 0 Å². The smallest absolute Gasteiger partial charge is 0.271 e. The average Bonchev–Trinajstić information content (AvgIpc) is 3.14. The fourth-order valence-corrected chi connectivity index (χ4v) is 4.61. The van der Waals surface area contributed by atoms with E-state index in [4.69, 9.17) is 4.74 Å². The van der Waals surface area contributed by atoms with Crippen LogP contribution in [0.5, 0.6) is 5.75 Å². The van der Waals surface area contributed by atoms with Gasteiger partial charge in [-0.3, -0.25) is 19.5 Å². The molecule has 0 fully saturated rings. The van der Waals surface area contributed by atoms with Gasteiger partial charge in [-0.1, -0.05) is 42.5 Å². The number of nitrogens with one attached hydrogen (secondary N) is 1. The first-order chi connectivity index (χ1) is 17.5. The second-order valence-electron chi connectivity index (χ2n) is 8.41. The Morgan fingerprint density at radius 2 is 1.83 bits per heavy atom. The summed E-state index contributed by atoms with van der Waals surface area (Å²) >= 11 is 0. The fraction of sp³-hybridized carbons (Fsp3) is 0.143. The Bertz CT molecular complexity index is 1550. The van der Waals surface area contributed by atoms with Crippen molar-refractivity contribution >= 4 is 34.0 Å². The molecule has 0 saturated heterocycles. The monoisotopic (exact) mass is 480 g/mol. The van der Waals surface area contributed by atoms with Crippen molar-refractivity contribution in [3.63, 3.8) is 0 Å². The predicted octanol–water partition coefficient (Wildman–Crippen LogP) is 4.99. The molecule has 1 atom stereocenters. The normalized spacial score (nSPS) is 16.5. The summed E-state index contributed by atoms with van der Waals surface area (Å²) in [6, 6.07) is 22.0. The van der Waals surface area contributed by atoms with Gasteiger partial charge < -0.3 is 10.1 Å². The summed E-state index contributed by atoms with van der Waals surface area (Å²) in [7, 11) is 1.49. The first kappa shape index (κ1) is 23.0. The van der Waals surface area contributed by atoms with E-state index in [-0.39, 0.29) is 24.2 Å². The number of halogens is 1. The van der Waals surface area contributed by atoms with E-state index in [9.17, 15) is 19.2 Å². The summed E-state index contributed by atoms with van der Waals surface area (Å²) in [4.78, 5) is 33.1. The standard InChI is InChI=1S/C28H21FN4O3/c1-36-20-11-12-21-25(16-20)33(24-10-5-4-9-22(24)29)27(35)28(21,13-6-14-30)32-26(34)23-15-18-7-2-3-8-19(18)17-31-23/h2-5,7-12,15-17H,6,13H2,1H3,(H,32,34)/t28-/m0/s1. The molecule has 1 aliphatic rings. The number of anilines is 2. The lowest BCUT2D eigenvalue weighted by Crippen LogP contribution is -2.52. The molecule has 0 saturated carbocycles. The third kappa shape index (κ3) is 3.71. The van der Waals surface area contributed by atoms with Crippen molar-refractivity contribution in [1.82, 2.24) is 10.3 Å². The topological polar surface area (TPSA) is 95.3 Å². The summed E-state index contributed by atoms with van der Waals surface area (Å²) in [5.74, 6) is -1.29. The third-order valence-electron chi connectivity index (χ3n) is 6.37. The number of nitriles is 1. The number of ether oxygens (including phenoxy) is 1. The number of carbonyl (C=O) groups excluding carboxylic acids is 2. The van der Waals surface area contributed by atoms with E-state index >= 15 is 0 Å². The molecule has 0 aliphatic carbocycles. The van der Waals surface area contributed by atoms with Gasteiger partial charge in [0.05, 0.1) is 24.6 Å². The maximum Gasteiger partial charge on any atom is 0.271 e. The van der Waals surface area contributed by atoms with Crippen LogP contribution in [0.25, 0.3) is 10.8 Å². The highest BCUT2D eigenvalue weighted by Crippen LogP contribution is 2.48. The van der Waals surface area contributed by atoms with Crippen LogP contribution >= 0.6 is 0 Å². The van der Waals surface area contributed by atoms with Crippen molar-refractivity contribution in [2.75, 3.05) is 12.0 Å². The highest BCUT2D eigenvalue weighted by Gasteiger charge is 2.53. The van der Waals surface area contributed by atoms with Crippen molar-refractivity contribution in [1.29, 1.82) is 5.26 Å². The minimum atomic E-state index is -1.61. The number of hydrogen-bond donors (Lipinski definition) is 1. The molecule has 36 heavy (non-hydrogen) atoms. The van der Waals surface area contributed by atoms with E-state index in [1.165, 1.54) is 30.2 Å². The average molecular weight is 480 g/mol. The second-order valence-corrected chi connectivity index (χ2v) is 8.41. The molecule has 0 unspecified atom stereocenters. The predicted molar refractivity (Wildman–Crippen MR) is 132 cm³/mol. The molecule has 3 aromatic carbocycles. The van der Waals surface area contributed by atoms with Crippen molar-refractivity contribution in [3.05, 3.63) is 96.1 Å². The Hall–Kier alpha value is -4.77. The van der Waals surface area contributed by atoms with Crippen LogP contribution < -0.4 is 15.0 Å². The highest BCUT2D eigenvalue weighted by molar-refractivity contribution is 6.15. The summed E-state index contributed by atoms with van der Waals surface area (Å²) in [5, 5.41) is 13.9. The quantitative estimate of drug-likeness (QED) is 0.420. The molecule has 1 aliphatic heterocycles. The zero-order valence-electron chi connectivity index (χ0n) is 19.4. The molecule has 2 heterocycles. The van der Waals surface area contributed by atoms with Gasteiger partial charge in [0.15, 0.2) is 0 Å². The summed E-state index contributed by atoms with van der Waals surface area (Å²) in [6.45, 7) is 0. The number of benzene rings is 3. The van der Waals surface area contributed by atoms with Gasteiger partial charge in [-0.25, -0.2) is 4.39 Å². The summed E-state index contributed by atoms with van der Waals surface area (Å²) < 4.78 is 20.2. The van der Waals surface area contributed by atoms with Crippen molar-refractivity contribution in [2.45, 2.75) is 18.4 Å². The van der Waals surface area contributed by atoms with E-state index in [0.717, 1.165) is 10.8 Å². The van der Waals surface area contributed by atoms with Crippen LogP contribution in [0.2, 0.25) is 0 Å². The molecule has 2 amide bonds. The number of carbonyl (C=O) groups is 2. The van der Waals surface area contributed by atoms with Crippen LogP contribution in [0.1, 0.15) is 28.9 Å². The number of fused-ring (bicyclic) bond motifs is 2. The number of methoxy groups -OCH3 is 1. The van der Waals surface area contributed by atoms with E-state index in [2.05, 4.69) is 16.4 Å². The SMILES string of the molecule is COc1ccc2c(c1)N(c1ccccc1F)C(=O)[C@@]2(CCC#N)NC(=O)c1cc2ccccc2cn1. The van der Waals surface area contributed by atoms with Gasteiger partial charge in [-0.05, 0) is 36.1 Å². The van der Waals surface area contributed by atoms with Crippen LogP contribution in [-0.4, -0.2) is 23.9 Å². The van der Waals surface area contributed by atoms with Crippen LogP contribution in [0, 0.1) is 17.1 Å². The second kappa shape index (κ2) is 9.12. The number of nitrogens with zero attached hydrogens (tertiary/aromatic N) is 3. The molecule has 1 aromatic heterocycles. The lowest BCUT2D eigenvalue weighted by Gasteiger charge is -2.29. The van der Waals surface area contributed by atoms with Crippen molar-refractivity contribution < 1.29 is 18.7 Å². The van der Waals surface area contributed by atoms with Gasteiger partial charge >= 0.3 is 0 Å². The van der Waals surface area contributed by atoms with Crippen LogP contribution in [0.3, 0.4) is 0 Å². The van der Waals surface area contributed by atoms with E-state index in [1.54, 1.807) is 36.5 Å². The minimum absolute atomic E-state index is 0.00800. The van der Waals surface area contributed by atoms with E-state index in [1.807, 2.05) is 24.3 Å². The largest absolute Gasteiger partial charge is 0.497 e. The minimum Gasteiger partial charge on any atom is -0.497 e. The maximum atomic E-state index is 14.9. The number of pyridine rings is 1. The molecule has 1 N–H and O–H groups in total. The Morgan fingerprint density at radius 1 is 1.08 bits per heavy atom. The molecule has 178 valence electrons. The Balaban J connectivity index is 1.65. The number of rotatable bonds is 6. The van der Waals surface area contributed by atoms with Gasteiger partial charge in [0.2, 0.25) is 0 Å². The van der Waals surface area contributed by atoms with Crippen molar-refractivity contribution in [3.8, 4) is 11.8 Å². The van der Waals surface area contributed by atoms with Gasteiger partial charge in [-0.15, -0.1) is 0 Å². The lowest BCUT2D eigenvalue weighted by molar-refractivity contribution is -0.123. The molecule has 0 radical (unpaired) electrons. The molecule has 7 nitrogen and oxygen atoms in total. The summed E-state index contributed by atoms with van der Waals surface area (Å²) in [6.07, 6.45) is 1.56. The number of amides is 2. The Kier molecular flexibility index (Phi) is 5.82. The number of hydrogen-bond acceptors (Lipinski definition) is 5. The number of para-hydroxylation sites is 1. The van der Waals surface area contributed by atoms with Gasteiger partial charge in [-0.2, -0.15) is 5.26 Å². The molecule has 4 aromatic rings. The Labute approximate surface area is 206 Å². The Morgan fingerprint density at radius 3 is 2.58 bits per heavy atom. The highest BCUT2D eigenvalue weighted by atomic mass is 19.1. The molecular weight excluding hydrogens is 459 g/mol. The first-order valence-corrected chi connectivity index (χ1v) is 11.3. The molecular formula is C28H21FN4O3. The maximum absolute atomic E-state index is 14.9. The van der Waals surface area contributed by atoms with Crippen LogP contribution in [-0.2, 0) is 10.3 Å². The zero-order chi connectivity index (χ0) is 25.3. The number of aromatic nitrogens is 1. The van der Waals surface area contributed by atoms with E-state index < -0.39 is 23.2 Å². The van der Waals surface area contributed by atoms with Gasteiger partial charge in [0.1, 0.15) is 22.8 Å². The third-order valence-corrected chi connectivity index (χ3v) is 6.37. The zero-order valence-corrected chi connectivity index (χ0v) is 19.4. The van der Waals surface area contributed by atoms with Gasteiger partial charge in [0.25, 0.3) is 11.8 Å². The van der Waals surface area contributed by atoms with Crippen LogP contribution in [0.4, 0.5) is 15.8 Å². The van der Waals surface area contributed by atoms with E-state index in [0.29, 0.717) is 17.0 Å². The van der Waals surface area contributed by atoms with Gasteiger partial charge in [0, 0.05) is 29.6 Å². The molecule has 0 bridgehead atoms. The summed E-state index contributed by atoms with van der Waals surface area (Å²) in [5.41, 5.74) is -0.634. The molecule has 0 spiro atoms. The lowest BCUT2D eigenvalue weighted by atomic mass is 9.86. The molecule has 8 heteroatoms. The first-order valence-electron chi connectivity index (χ1n) is 11.3.